The van der Waals surface area contributed by atoms with E-state index in [1.165, 1.54) is 6.07 Å². The molecule has 6 nitrogen and oxygen atoms in total. The van der Waals surface area contributed by atoms with Crippen molar-refractivity contribution in [2.45, 2.75) is 24.4 Å². The normalized spacial score (nSPS) is 20.9. The Kier molecular flexibility index (Phi) is 6.64. The van der Waals surface area contributed by atoms with E-state index in [0.717, 1.165) is 22.8 Å². The lowest BCUT2D eigenvalue weighted by molar-refractivity contribution is -0.159. The van der Waals surface area contributed by atoms with Crippen LogP contribution in [0.1, 0.15) is 33.9 Å². The lowest BCUT2D eigenvalue weighted by Gasteiger charge is -2.42. The number of aliphatic carboxylic acids is 2. The van der Waals surface area contributed by atoms with E-state index in [9.17, 15) is 13.2 Å². The largest absolute Gasteiger partial charge is 0.473 e. The number of ether oxygens (including phenoxy) is 1. The predicted molar refractivity (Wildman–Crippen MR) is 119 cm³/mol. The SMILES string of the molecule is FC(F)(F)c1ccccc1C12CN(Cc3ccccc3)CC(O1)c1ccccc12.O=C(O)C(=O)O. The minimum atomic E-state index is -4.44. The molecule has 3 aromatic carbocycles. The zero-order chi connectivity index (χ0) is 25.2. The van der Waals surface area contributed by atoms with E-state index in [1.807, 2.05) is 54.6 Å². The van der Waals surface area contributed by atoms with Gasteiger partial charge in [-0.25, -0.2) is 9.59 Å². The molecule has 0 amide bonds. The number of carbonyl (C=O) groups is 2. The number of alkyl halides is 3. The van der Waals surface area contributed by atoms with Gasteiger partial charge in [0.1, 0.15) is 5.60 Å². The van der Waals surface area contributed by atoms with Crippen LogP contribution in [0.15, 0.2) is 78.9 Å². The van der Waals surface area contributed by atoms with Crippen molar-refractivity contribution in [2.75, 3.05) is 13.1 Å². The van der Waals surface area contributed by atoms with Gasteiger partial charge in [0.15, 0.2) is 0 Å². The Bertz CT molecular complexity index is 1220. The number of carboxylic acids is 2. The Morgan fingerprint density at radius 2 is 1.46 bits per heavy atom. The summed E-state index contributed by atoms with van der Waals surface area (Å²) in [5.74, 6) is -3.65. The number of morpholine rings is 1. The minimum Gasteiger partial charge on any atom is -0.473 e. The first-order valence-corrected chi connectivity index (χ1v) is 10.8. The Hall–Kier alpha value is -3.69. The number of nitrogens with zero attached hydrogens (tertiary/aromatic N) is 1. The summed E-state index contributed by atoms with van der Waals surface area (Å²) in [6.07, 6.45) is -4.69. The molecule has 2 N–H and O–H groups in total. The van der Waals surface area contributed by atoms with Gasteiger partial charge in [-0.2, -0.15) is 13.2 Å². The van der Waals surface area contributed by atoms with Crippen LogP contribution in [-0.4, -0.2) is 40.1 Å². The second-order valence-corrected chi connectivity index (χ2v) is 8.33. The van der Waals surface area contributed by atoms with Crippen molar-refractivity contribution in [2.24, 2.45) is 0 Å². The highest BCUT2D eigenvalue weighted by molar-refractivity contribution is 6.27. The smallest absolute Gasteiger partial charge is 0.416 e. The third-order valence-electron chi connectivity index (χ3n) is 6.06. The topological polar surface area (TPSA) is 87.1 Å². The first kappa shape index (κ1) is 24.4. The van der Waals surface area contributed by atoms with Gasteiger partial charge in [-0.15, -0.1) is 0 Å². The van der Waals surface area contributed by atoms with Crippen molar-refractivity contribution in [3.8, 4) is 0 Å². The van der Waals surface area contributed by atoms with E-state index in [4.69, 9.17) is 24.5 Å². The molecule has 2 heterocycles. The molecule has 1 fully saturated rings. The summed E-state index contributed by atoms with van der Waals surface area (Å²) in [7, 11) is 0. The van der Waals surface area contributed by atoms with Crippen LogP contribution < -0.4 is 0 Å². The van der Waals surface area contributed by atoms with Gasteiger partial charge in [-0.3, -0.25) is 4.90 Å². The lowest BCUT2D eigenvalue weighted by atomic mass is 9.82. The Morgan fingerprint density at radius 3 is 2.09 bits per heavy atom. The van der Waals surface area contributed by atoms with Crippen LogP contribution in [0.5, 0.6) is 0 Å². The summed E-state index contributed by atoms with van der Waals surface area (Å²) in [5, 5.41) is 14.8. The molecular formula is C26H22F3NO5. The Labute approximate surface area is 199 Å². The van der Waals surface area contributed by atoms with Crippen LogP contribution in [0, 0.1) is 0 Å². The third-order valence-corrected chi connectivity index (χ3v) is 6.06. The fraction of sp³-hybridized carbons (Fsp3) is 0.231. The molecule has 2 aliphatic rings. The maximum atomic E-state index is 13.9. The number of rotatable bonds is 3. The molecule has 182 valence electrons. The molecule has 2 atom stereocenters. The number of hydrogen-bond donors (Lipinski definition) is 2. The molecule has 2 unspecified atom stereocenters. The molecule has 5 rings (SSSR count). The van der Waals surface area contributed by atoms with Gasteiger partial charge in [0, 0.05) is 25.2 Å². The molecule has 2 bridgehead atoms. The van der Waals surface area contributed by atoms with Crippen molar-refractivity contribution in [3.05, 3.63) is 107 Å². The van der Waals surface area contributed by atoms with Gasteiger partial charge < -0.3 is 14.9 Å². The molecule has 35 heavy (non-hydrogen) atoms. The third kappa shape index (κ3) is 4.91. The van der Waals surface area contributed by atoms with E-state index in [0.29, 0.717) is 19.6 Å². The van der Waals surface area contributed by atoms with Crippen molar-refractivity contribution in [1.29, 1.82) is 0 Å². The minimum absolute atomic E-state index is 0.195. The van der Waals surface area contributed by atoms with Crippen molar-refractivity contribution in [1.82, 2.24) is 4.90 Å². The van der Waals surface area contributed by atoms with Gasteiger partial charge >= 0.3 is 18.1 Å². The molecule has 0 aliphatic carbocycles. The number of hydrogen-bond acceptors (Lipinski definition) is 4. The molecule has 0 saturated carbocycles. The van der Waals surface area contributed by atoms with Gasteiger partial charge in [0.05, 0.1) is 11.7 Å². The number of halogens is 3. The summed E-state index contributed by atoms with van der Waals surface area (Å²) in [4.78, 5) is 20.4. The van der Waals surface area contributed by atoms with Gasteiger partial charge in [-0.05, 0) is 22.8 Å². The van der Waals surface area contributed by atoms with E-state index in [-0.39, 0.29) is 11.7 Å². The highest BCUT2D eigenvalue weighted by atomic mass is 19.4. The van der Waals surface area contributed by atoms with Crippen LogP contribution in [0.4, 0.5) is 13.2 Å². The molecule has 9 heteroatoms. The van der Waals surface area contributed by atoms with E-state index < -0.39 is 29.3 Å². The molecule has 3 aromatic rings. The second-order valence-electron chi connectivity index (χ2n) is 8.33. The molecule has 0 radical (unpaired) electrons. The van der Waals surface area contributed by atoms with Crippen LogP contribution in [0.25, 0.3) is 0 Å². The van der Waals surface area contributed by atoms with Crippen LogP contribution in [0.3, 0.4) is 0 Å². The fourth-order valence-corrected chi connectivity index (χ4v) is 4.73. The van der Waals surface area contributed by atoms with Crippen LogP contribution >= 0.6 is 0 Å². The number of carboxylic acid groups (broad SMARTS) is 2. The van der Waals surface area contributed by atoms with E-state index in [1.54, 1.807) is 12.1 Å². The summed E-state index contributed by atoms with van der Waals surface area (Å²) in [6.45, 7) is 1.70. The van der Waals surface area contributed by atoms with E-state index >= 15 is 0 Å². The van der Waals surface area contributed by atoms with Gasteiger partial charge in [0.25, 0.3) is 0 Å². The quantitative estimate of drug-likeness (QED) is 0.524. The van der Waals surface area contributed by atoms with Crippen LogP contribution in [0.2, 0.25) is 0 Å². The lowest BCUT2D eigenvalue weighted by Crippen LogP contribution is -2.47. The maximum absolute atomic E-state index is 13.9. The Morgan fingerprint density at radius 1 is 0.886 bits per heavy atom. The maximum Gasteiger partial charge on any atom is 0.416 e. The van der Waals surface area contributed by atoms with E-state index in [2.05, 4.69) is 4.90 Å². The van der Waals surface area contributed by atoms with Gasteiger partial charge in [0.2, 0.25) is 0 Å². The van der Waals surface area contributed by atoms with Crippen molar-refractivity contribution >= 4 is 11.9 Å². The molecule has 0 spiro atoms. The zero-order valence-electron chi connectivity index (χ0n) is 18.4. The summed E-state index contributed by atoms with van der Waals surface area (Å²) < 4.78 is 48.0. The summed E-state index contributed by atoms with van der Waals surface area (Å²) >= 11 is 0. The molecule has 0 aromatic heterocycles. The highest BCUT2D eigenvalue weighted by Gasteiger charge is 2.53. The number of fused-ring (bicyclic) bond motifs is 5. The average molecular weight is 485 g/mol. The average Bonchev–Trinajstić information content (AvgIpc) is 3.07. The predicted octanol–water partition coefficient (Wildman–Crippen LogP) is 4.69. The summed E-state index contributed by atoms with van der Waals surface area (Å²) in [6, 6.07) is 23.5. The second kappa shape index (κ2) is 9.52. The zero-order valence-corrected chi connectivity index (χ0v) is 18.4. The first-order valence-electron chi connectivity index (χ1n) is 10.8. The molecule has 1 saturated heterocycles. The first-order chi connectivity index (χ1) is 16.6. The van der Waals surface area contributed by atoms with Crippen molar-refractivity contribution in [3.63, 3.8) is 0 Å². The monoisotopic (exact) mass is 485 g/mol. The molecular weight excluding hydrogens is 463 g/mol. The van der Waals surface area contributed by atoms with Gasteiger partial charge in [-0.1, -0.05) is 72.8 Å². The molecule has 2 aliphatic heterocycles. The van der Waals surface area contributed by atoms with Crippen LogP contribution in [-0.2, 0) is 32.6 Å². The fourth-order valence-electron chi connectivity index (χ4n) is 4.73. The summed E-state index contributed by atoms with van der Waals surface area (Å²) in [5.41, 5.74) is 1.41. The van der Waals surface area contributed by atoms with Crippen molar-refractivity contribution < 1.29 is 37.7 Å². The standard InChI is InChI=1S/C24H20F3NO.C2H2O4/c25-24(26,27)21-13-7-6-12-20(21)23-16-28(14-17-8-2-1-3-9-17)15-22(29-23)18-10-4-5-11-19(18)23;3-1(4)2(5)6/h1-13,22H,14-16H2;(H,3,4)(H,5,6). The Balaban J connectivity index is 0.000000431. The highest BCUT2D eigenvalue weighted by Crippen LogP contribution is 2.53. The number of benzene rings is 3.